The van der Waals surface area contributed by atoms with E-state index < -0.39 is 0 Å². The summed E-state index contributed by atoms with van der Waals surface area (Å²) in [7, 11) is 1.68. The van der Waals surface area contributed by atoms with Crippen molar-refractivity contribution in [3.63, 3.8) is 0 Å². The molecule has 0 aliphatic carbocycles. The molecule has 1 nitrogen and oxygen atoms in total. The summed E-state index contributed by atoms with van der Waals surface area (Å²) in [5.41, 5.74) is 0. The summed E-state index contributed by atoms with van der Waals surface area (Å²) in [6.45, 7) is 13.4. The third kappa shape index (κ3) is 72.0. The van der Waals surface area contributed by atoms with Crippen molar-refractivity contribution in [2.45, 2.75) is 48.0 Å². The molecule has 0 aromatic heterocycles. The lowest BCUT2D eigenvalue weighted by Crippen LogP contribution is -1.77. The second-order valence-corrected chi connectivity index (χ2v) is 2.38. The fourth-order valence-corrected chi connectivity index (χ4v) is 0. The maximum atomic E-state index is 4.54. The maximum absolute atomic E-state index is 4.54. The molecule has 72 valence electrons. The summed E-state index contributed by atoms with van der Waals surface area (Å²) >= 11 is 0. The molecule has 0 spiro atoms. The van der Waals surface area contributed by atoms with Gasteiger partial charge in [0.05, 0.1) is 0 Å². The van der Waals surface area contributed by atoms with Crippen LogP contribution in [0.3, 0.4) is 0 Å². The van der Waals surface area contributed by atoms with Crippen molar-refractivity contribution in [3.05, 3.63) is 0 Å². The van der Waals surface area contributed by atoms with Crippen molar-refractivity contribution in [2.24, 2.45) is 5.92 Å². The van der Waals surface area contributed by atoms with E-state index in [0.29, 0.717) is 0 Å². The van der Waals surface area contributed by atoms with E-state index in [-0.39, 0.29) is 0 Å². The summed E-state index contributed by atoms with van der Waals surface area (Å²) in [6, 6.07) is 0. The van der Waals surface area contributed by atoms with Crippen molar-refractivity contribution < 1.29 is 4.74 Å². The number of ether oxygens (including phenoxy) is 1. The third-order valence-corrected chi connectivity index (χ3v) is 1.11. The van der Waals surface area contributed by atoms with E-state index in [2.05, 4.69) is 25.5 Å². The molecule has 0 bridgehead atoms. The lowest BCUT2D eigenvalue weighted by atomic mass is 10.2. The number of hydrogen-bond acceptors (Lipinski definition) is 1. The summed E-state index contributed by atoms with van der Waals surface area (Å²) in [6.07, 6.45) is 1.31. The Balaban J connectivity index is -0.0000000965. The Morgan fingerprint density at radius 2 is 1.27 bits per heavy atom. The van der Waals surface area contributed by atoms with Crippen LogP contribution in [0.4, 0.5) is 0 Å². The SMILES string of the molecule is CC.CCC(C)C.CCOC. The molecule has 1 heteroatoms. The average molecular weight is 162 g/mol. The fourth-order valence-electron chi connectivity index (χ4n) is 0. The van der Waals surface area contributed by atoms with Gasteiger partial charge in [-0.15, -0.1) is 0 Å². The van der Waals surface area contributed by atoms with Crippen molar-refractivity contribution in [3.8, 4) is 0 Å². The third-order valence-electron chi connectivity index (χ3n) is 1.11. The van der Waals surface area contributed by atoms with Crippen LogP contribution < -0.4 is 0 Å². The molecule has 0 saturated heterocycles. The molecule has 0 amide bonds. The van der Waals surface area contributed by atoms with Crippen molar-refractivity contribution in [1.82, 2.24) is 0 Å². The highest BCUT2D eigenvalue weighted by molar-refractivity contribution is 4.32. The summed E-state index contributed by atoms with van der Waals surface area (Å²) in [4.78, 5) is 0. The van der Waals surface area contributed by atoms with E-state index in [4.69, 9.17) is 0 Å². The molecule has 0 N–H and O–H groups in total. The first-order valence-electron chi connectivity index (χ1n) is 4.67. The Morgan fingerprint density at radius 3 is 1.27 bits per heavy atom. The molecule has 0 aromatic rings. The van der Waals surface area contributed by atoms with E-state index >= 15 is 0 Å². The smallest absolute Gasteiger partial charge is 0.0433 e. The highest BCUT2D eigenvalue weighted by atomic mass is 16.5. The lowest BCUT2D eigenvalue weighted by Gasteiger charge is -1.90. The van der Waals surface area contributed by atoms with Crippen LogP contribution in [-0.4, -0.2) is 13.7 Å². The molecule has 0 saturated carbocycles. The molecule has 0 rings (SSSR count). The lowest BCUT2D eigenvalue weighted by molar-refractivity contribution is 0.215. The fraction of sp³-hybridized carbons (Fsp3) is 1.00. The van der Waals surface area contributed by atoms with Crippen LogP contribution in [0.1, 0.15) is 48.0 Å². The van der Waals surface area contributed by atoms with Crippen LogP contribution in [0.2, 0.25) is 0 Å². The van der Waals surface area contributed by atoms with Crippen LogP contribution in [0.15, 0.2) is 0 Å². The van der Waals surface area contributed by atoms with Gasteiger partial charge in [-0.2, -0.15) is 0 Å². The van der Waals surface area contributed by atoms with Gasteiger partial charge in [0.25, 0.3) is 0 Å². The summed E-state index contributed by atoms with van der Waals surface area (Å²) < 4.78 is 4.54. The molecular formula is C10H26O. The first-order chi connectivity index (χ1) is 5.18. The van der Waals surface area contributed by atoms with Gasteiger partial charge in [-0.1, -0.05) is 41.0 Å². The topological polar surface area (TPSA) is 9.23 Å². The molecule has 0 aliphatic rings. The minimum absolute atomic E-state index is 0.819. The molecule has 0 aliphatic heterocycles. The van der Waals surface area contributed by atoms with E-state index in [1.165, 1.54) is 6.42 Å². The van der Waals surface area contributed by atoms with Gasteiger partial charge in [0, 0.05) is 13.7 Å². The summed E-state index contributed by atoms with van der Waals surface area (Å²) in [5, 5.41) is 0. The van der Waals surface area contributed by atoms with Gasteiger partial charge in [-0.05, 0) is 12.8 Å². The molecule has 0 aromatic carbocycles. The minimum atomic E-state index is 0.819. The van der Waals surface area contributed by atoms with Crippen LogP contribution in [0.5, 0.6) is 0 Å². The first kappa shape index (κ1) is 17.2. The molecule has 11 heavy (non-hydrogen) atoms. The van der Waals surface area contributed by atoms with Crippen molar-refractivity contribution >= 4 is 0 Å². The monoisotopic (exact) mass is 162 g/mol. The average Bonchev–Trinajstić information content (AvgIpc) is 2.08. The van der Waals surface area contributed by atoms with Crippen LogP contribution in [0.25, 0.3) is 0 Å². The predicted molar refractivity (Wildman–Crippen MR) is 54.0 cm³/mol. The van der Waals surface area contributed by atoms with Gasteiger partial charge in [0.15, 0.2) is 0 Å². The zero-order chi connectivity index (χ0) is 9.70. The Kier molecular flexibility index (Phi) is 35.1. The molecule has 0 unspecified atom stereocenters. The maximum Gasteiger partial charge on any atom is 0.0433 e. The zero-order valence-electron chi connectivity index (χ0n) is 9.40. The predicted octanol–water partition coefficient (Wildman–Crippen LogP) is 3.73. The second kappa shape index (κ2) is 22.5. The number of rotatable bonds is 2. The quantitative estimate of drug-likeness (QED) is 0.601. The molecule has 0 heterocycles. The van der Waals surface area contributed by atoms with E-state index in [1.54, 1.807) is 7.11 Å². The van der Waals surface area contributed by atoms with E-state index in [0.717, 1.165) is 12.5 Å². The number of methoxy groups -OCH3 is 1. The van der Waals surface area contributed by atoms with Crippen LogP contribution >= 0.6 is 0 Å². The van der Waals surface area contributed by atoms with Gasteiger partial charge in [-0.25, -0.2) is 0 Å². The Bertz CT molecular complexity index is 31.9. The van der Waals surface area contributed by atoms with Crippen LogP contribution in [0, 0.1) is 5.92 Å². The Morgan fingerprint density at radius 1 is 1.09 bits per heavy atom. The largest absolute Gasteiger partial charge is 0.385 e. The van der Waals surface area contributed by atoms with Gasteiger partial charge >= 0.3 is 0 Å². The highest BCUT2D eigenvalue weighted by Crippen LogP contribution is 1.93. The van der Waals surface area contributed by atoms with Crippen molar-refractivity contribution in [2.75, 3.05) is 13.7 Å². The standard InChI is InChI=1S/C5H12.C3H8O.C2H6/c1-4-5(2)3;1-3-4-2;1-2/h5H,4H2,1-3H3;3H2,1-2H3;1-2H3. The van der Waals surface area contributed by atoms with Gasteiger partial charge < -0.3 is 4.74 Å². The first-order valence-corrected chi connectivity index (χ1v) is 4.67. The van der Waals surface area contributed by atoms with E-state index in [1.807, 2.05) is 20.8 Å². The summed E-state index contributed by atoms with van der Waals surface area (Å²) in [5.74, 6) is 0.884. The molecule has 0 atom stereocenters. The minimum Gasteiger partial charge on any atom is -0.385 e. The Labute approximate surface area is 73.1 Å². The molecule has 0 radical (unpaired) electrons. The van der Waals surface area contributed by atoms with Crippen molar-refractivity contribution in [1.29, 1.82) is 0 Å². The number of hydrogen-bond donors (Lipinski definition) is 0. The Hall–Kier alpha value is -0.0400. The normalized spacial score (nSPS) is 7.64. The highest BCUT2D eigenvalue weighted by Gasteiger charge is 1.80. The van der Waals surface area contributed by atoms with Gasteiger partial charge in [0.1, 0.15) is 0 Å². The van der Waals surface area contributed by atoms with Gasteiger partial charge in [-0.3, -0.25) is 0 Å². The molecular weight excluding hydrogens is 136 g/mol. The molecule has 0 fully saturated rings. The second-order valence-electron chi connectivity index (χ2n) is 2.38. The zero-order valence-corrected chi connectivity index (χ0v) is 9.40. The van der Waals surface area contributed by atoms with E-state index in [9.17, 15) is 0 Å². The van der Waals surface area contributed by atoms with Crippen LogP contribution in [-0.2, 0) is 4.74 Å². The van der Waals surface area contributed by atoms with Gasteiger partial charge in [0.2, 0.25) is 0 Å².